The Morgan fingerprint density at radius 2 is 1.81 bits per heavy atom. The Labute approximate surface area is 159 Å². The average molecular weight is 377 g/mol. The zero-order valence-electron chi connectivity index (χ0n) is 14.2. The summed E-state index contributed by atoms with van der Waals surface area (Å²) < 4.78 is 15.0. The fourth-order valence-corrected chi connectivity index (χ4v) is 3.63. The summed E-state index contributed by atoms with van der Waals surface area (Å²) in [4.78, 5) is 13.8. The molecule has 1 atom stereocenters. The van der Waals surface area contributed by atoms with E-state index in [4.69, 9.17) is 0 Å². The Morgan fingerprint density at radius 1 is 1.04 bits per heavy atom. The zero-order chi connectivity index (χ0) is 18.6. The second kappa shape index (κ2) is 7.55. The SMILES string of the molecule is O=C(NC(c1ccc(F)cc1)c1cccs1)c1ccc(-n2cccn2)cc1. The van der Waals surface area contributed by atoms with E-state index in [1.165, 1.54) is 12.1 Å². The van der Waals surface area contributed by atoms with Gasteiger partial charge in [-0.2, -0.15) is 5.10 Å². The number of carbonyl (C=O) groups is 1. The summed E-state index contributed by atoms with van der Waals surface area (Å²) in [6.45, 7) is 0. The van der Waals surface area contributed by atoms with E-state index in [0.29, 0.717) is 5.56 Å². The minimum atomic E-state index is -0.330. The molecule has 0 saturated heterocycles. The van der Waals surface area contributed by atoms with Crippen LogP contribution in [0.4, 0.5) is 4.39 Å². The molecule has 0 fully saturated rings. The summed E-state index contributed by atoms with van der Waals surface area (Å²) in [7, 11) is 0. The highest BCUT2D eigenvalue weighted by atomic mass is 32.1. The normalized spacial score (nSPS) is 11.9. The molecule has 0 bridgehead atoms. The molecule has 0 spiro atoms. The van der Waals surface area contributed by atoms with Gasteiger partial charge in [-0.05, 0) is 59.5 Å². The number of nitrogens with zero attached hydrogens (tertiary/aromatic N) is 2. The van der Waals surface area contributed by atoms with E-state index >= 15 is 0 Å². The Balaban J connectivity index is 1.57. The van der Waals surface area contributed by atoms with Crippen LogP contribution >= 0.6 is 11.3 Å². The molecular weight excluding hydrogens is 361 g/mol. The number of halogens is 1. The molecule has 1 unspecified atom stereocenters. The smallest absolute Gasteiger partial charge is 0.252 e. The number of thiophene rings is 1. The molecule has 2 aromatic carbocycles. The molecule has 0 radical (unpaired) electrons. The summed E-state index contributed by atoms with van der Waals surface area (Å²) >= 11 is 1.55. The molecule has 1 amide bonds. The maximum absolute atomic E-state index is 13.3. The lowest BCUT2D eigenvalue weighted by atomic mass is 10.0. The van der Waals surface area contributed by atoms with Crippen LogP contribution in [0.2, 0.25) is 0 Å². The van der Waals surface area contributed by atoms with E-state index < -0.39 is 0 Å². The van der Waals surface area contributed by atoms with Crippen LogP contribution in [0, 0.1) is 5.82 Å². The van der Waals surface area contributed by atoms with Gasteiger partial charge in [-0.1, -0.05) is 18.2 Å². The van der Waals surface area contributed by atoms with E-state index in [1.807, 2.05) is 41.9 Å². The molecule has 27 heavy (non-hydrogen) atoms. The highest BCUT2D eigenvalue weighted by Crippen LogP contribution is 2.26. The van der Waals surface area contributed by atoms with Gasteiger partial charge in [0.1, 0.15) is 5.82 Å². The zero-order valence-corrected chi connectivity index (χ0v) is 15.1. The van der Waals surface area contributed by atoms with Crippen molar-refractivity contribution >= 4 is 17.2 Å². The van der Waals surface area contributed by atoms with Crippen molar-refractivity contribution in [1.82, 2.24) is 15.1 Å². The number of hydrogen-bond donors (Lipinski definition) is 1. The lowest BCUT2D eigenvalue weighted by Crippen LogP contribution is -2.28. The lowest BCUT2D eigenvalue weighted by molar-refractivity contribution is 0.0943. The fourth-order valence-electron chi connectivity index (χ4n) is 2.83. The molecule has 0 aliphatic carbocycles. The van der Waals surface area contributed by atoms with Crippen molar-refractivity contribution in [2.24, 2.45) is 0 Å². The van der Waals surface area contributed by atoms with E-state index in [-0.39, 0.29) is 17.8 Å². The van der Waals surface area contributed by atoms with Gasteiger partial charge < -0.3 is 5.32 Å². The third-order valence-electron chi connectivity index (χ3n) is 4.20. The predicted octanol–water partition coefficient (Wildman–Crippen LogP) is 4.59. The van der Waals surface area contributed by atoms with E-state index in [0.717, 1.165) is 16.1 Å². The van der Waals surface area contributed by atoms with Crippen molar-refractivity contribution < 1.29 is 9.18 Å². The van der Waals surface area contributed by atoms with Crippen molar-refractivity contribution in [3.63, 3.8) is 0 Å². The summed E-state index contributed by atoms with van der Waals surface area (Å²) in [5.41, 5.74) is 2.26. The maximum Gasteiger partial charge on any atom is 0.252 e. The summed E-state index contributed by atoms with van der Waals surface area (Å²) in [6, 6.07) is 18.8. The highest BCUT2D eigenvalue weighted by molar-refractivity contribution is 7.10. The third-order valence-corrected chi connectivity index (χ3v) is 5.14. The first-order valence-corrected chi connectivity index (χ1v) is 9.28. The number of hydrogen-bond acceptors (Lipinski definition) is 3. The molecule has 2 heterocycles. The van der Waals surface area contributed by atoms with Gasteiger partial charge in [-0.15, -0.1) is 11.3 Å². The molecule has 134 valence electrons. The molecule has 0 saturated carbocycles. The van der Waals surface area contributed by atoms with Gasteiger partial charge >= 0.3 is 0 Å². The minimum Gasteiger partial charge on any atom is -0.340 e. The fraction of sp³-hybridized carbons (Fsp3) is 0.0476. The van der Waals surface area contributed by atoms with Gasteiger partial charge in [0.05, 0.1) is 11.7 Å². The van der Waals surface area contributed by atoms with Crippen molar-refractivity contribution in [2.45, 2.75) is 6.04 Å². The molecule has 2 aromatic heterocycles. The first kappa shape index (κ1) is 17.2. The largest absolute Gasteiger partial charge is 0.340 e. The molecule has 1 N–H and O–H groups in total. The second-order valence-corrected chi connectivity index (χ2v) is 6.95. The monoisotopic (exact) mass is 377 g/mol. The number of nitrogens with one attached hydrogen (secondary N) is 1. The second-order valence-electron chi connectivity index (χ2n) is 5.97. The van der Waals surface area contributed by atoms with Crippen molar-refractivity contribution in [3.05, 3.63) is 106 Å². The van der Waals surface area contributed by atoms with E-state index in [9.17, 15) is 9.18 Å². The number of rotatable bonds is 5. The van der Waals surface area contributed by atoms with Crippen LogP contribution in [-0.2, 0) is 0 Å². The third kappa shape index (κ3) is 3.80. The van der Waals surface area contributed by atoms with Crippen molar-refractivity contribution in [3.8, 4) is 5.69 Å². The first-order valence-electron chi connectivity index (χ1n) is 8.40. The lowest BCUT2D eigenvalue weighted by Gasteiger charge is -2.18. The van der Waals surface area contributed by atoms with Gasteiger partial charge in [0, 0.05) is 22.8 Å². The molecule has 0 aliphatic heterocycles. The minimum absolute atomic E-state index is 0.190. The molecule has 4 nitrogen and oxygen atoms in total. The van der Waals surface area contributed by atoms with Crippen molar-refractivity contribution in [1.29, 1.82) is 0 Å². The van der Waals surface area contributed by atoms with E-state index in [1.54, 1.807) is 46.5 Å². The van der Waals surface area contributed by atoms with Crippen LogP contribution in [-0.4, -0.2) is 15.7 Å². The van der Waals surface area contributed by atoms with Crippen LogP contribution < -0.4 is 5.32 Å². The van der Waals surface area contributed by atoms with Gasteiger partial charge in [0.2, 0.25) is 0 Å². The van der Waals surface area contributed by atoms with Crippen LogP contribution in [0.5, 0.6) is 0 Å². The summed E-state index contributed by atoms with van der Waals surface area (Å²) in [5.74, 6) is -0.492. The number of benzene rings is 2. The van der Waals surface area contributed by atoms with Crippen LogP contribution in [0.1, 0.15) is 26.8 Å². The van der Waals surface area contributed by atoms with Crippen molar-refractivity contribution in [2.75, 3.05) is 0 Å². The average Bonchev–Trinajstić information content (AvgIpc) is 3.41. The molecule has 4 aromatic rings. The van der Waals surface area contributed by atoms with E-state index in [2.05, 4.69) is 10.4 Å². The quantitative estimate of drug-likeness (QED) is 0.553. The van der Waals surface area contributed by atoms with Gasteiger partial charge in [0.15, 0.2) is 0 Å². The highest BCUT2D eigenvalue weighted by Gasteiger charge is 2.19. The topological polar surface area (TPSA) is 46.9 Å². The first-order chi connectivity index (χ1) is 13.2. The number of amides is 1. The molecule has 0 aliphatic rings. The Hall–Kier alpha value is -3.25. The summed E-state index contributed by atoms with van der Waals surface area (Å²) in [6.07, 6.45) is 3.55. The van der Waals surface area contributed by atoms with Gasteiger partial charge in [0.25, 0.3) is 5.91 Å². The number of aromatic nitrogens is 2. The summed E-state index contributed by atoms with van der Waals surface area (Å²) in [5, 5.41) is 9.18. The Bertz CT molecular complexity index is 1010. The van der Waals surface area contributed by atoms with Gasteiger partial charge in [-0.3, -0.25) is 4.79 Å². The molecular formula is C21H16FN3OS. The number of carbonyl (C=O) groups excluding carboxylic acids is 1. The Morgan fingerprint density at radius 3 is 2.44 bits per heavy atom. The molecule has 6 heteroatoms. The standard InChI is InChI=1S/C21H16FN3OS/c22-17-8-4-15(5-9-17)20(19-3-1-14-27-19)24-21(26)16-6-10-18(11-7-16)25-13-2-12-23-25/h1-14,20H,(H,24,26). The van der Waals surface area contributed by atoms with Crippen LogP contribution in [0.25, 0.3) is 5.69 Å². The predicted molar refractivity (Wildman–Crippen MR) is 104 cm³/mol. The van der Waals surface area contributed by atoms with Crippen LogP contribution in [0.3, 0.4) is 0 Å². The molecule has 4 rings (SSSR count). The van der Waals surface area contributed by atoms with Crippen LogP contribution in [0.15, 0.2) is 84.5 Å². The van der Waals surface area contributed by atoms with Gasteiger partial charge in [-0.25, -0.2) is 9.07 Å². The maximum atomic E-state index is 13.3. The Kier molecular flexibility index (Phi) is 4.80.